The third-order valence-corrected chi connectivity index (χ3v) is 4.99. The zero-order chi connectivity index (χ0) is 18.3. The summed E-state index contributed by atoms with van der Waals surface area (Å²) in [7, 11) is 1.70. The van der Waals surface area contributed by atoms with Crippen LogP contribution in [0.3, 0.4) is 0 Å². The van der Waals surface area contributed by atoms with Gasteiger partial charge >= 0.3 is 0 Å². The van der Waals surface area contributed by atoms with E-state index in [2.05, 4.69) is 50.1 Å². The summed E-state index contributed by atoms with van der Waals surface area (Å²) in [4.78, 5) is 2.51. The van der Waals surface area contributed by atoms with Crippen molar-refractivity contribution in [2.45, 2.75) is 31.7 Å². The highest BCUT2D eigenvalue weighted by Gasteiger charge is 2.31. The fourth-order valence-corrected chi connectivity index (χ4v) is 3.44. The lowest BCUT2D eigenvalue weighted by molar-refractivity contribution is 0.0192. The van der Waals surface area contributed by atoms with Crippen LogP contribution in [0, 0.1) is 0 Å². The summed E-state index contributed by atoms with van der Waals surface area (Å²) >= 11 is 0. The standard InChI is InChI=1S/C22H31NO2/c1-6-8-18(7-2)21(23-13-15-25-16-14-23)17-22(3,4)19-9-11-20(24-5)12-10-19/h6-12,21H,1-2,13-17H2,3-5H3/b18-8+. The van der Waals surface area contributed by atoms with Gasteiger partial charge in [0.1, 0.15) is 5.75 Å². The number of nitrogens with zero attached hydrogens (tertiary/aromatic N) is 1. The van der Waals surface area contributed by atoms with Crippen LogP contribution in [-0.4, -0.2) is 44.4 Å². The summed E-state index contributed by atoms with van der Waals surface area (Å²) in [5.41, 5.74) is 2.56. The number of ether oxygens (including phenoxy) is 2. The fourth-order valence-electron chi connectivity index (χ4n) is 3.44. The second kappa shape index (κ2) is 9.02. The molecule has 1 saturated heterocycles. The zero-order valence-electron chi connectivity index (χ0n) is 15.8. The summed E-state index contributed by atoms with van der Waals surface area (Å²) < 4.78 is 10.8. The topological polar surface area (TPSA) is 21.7 Å². The number of methoxy groups -OCH3 is 1. The average molecular weight is 341 g/mol. The van der Waals surface area contributed by atoms with Crippen LogP contribution in [-0.2, 0) is 10.2 Å². The number of hydrogen-bond donors (Lipinski definition) is 0. The SMILES string of the molecule is C=C/C=C(\C=C)C(CC(C)(C)c1ccc(OC)cc1)N1CCOCC1. The van der Waals surface area contributed by atoms with Crippen molar-refractivity contribution in [2.24, 2.45) is 0 Å². The van der Waals surface area contributed by atoms with Crippen molar-refractivity contribution in [3.8, 4) is 5.75 Å². The molecule has 1 fully saturated rings. The Kier molecular flexibility index (Phi) is 7.03. The van der Waals surface area contributed by atoms with Crippen LogP contribution in [0.1, 0.15) is 25.8 Å². The molecule has 1 aliphatic rings. The number of benzene rings is 1. The number of rotatable bonds is 8. The molecule has 3 heteroatoms. The molecule has 136 valence electrons. The van der Waals surface area contributed by atoms with Crippen LogP contribution >= 0.6 is 0 Å². The first-order chi connectivity index (χ1) is 12.0. The maximum absolute atomic E-state index is 5.54. The molecule has 0 aliphatic carbocycles. The first kappa shape index (κ1) is 19.5. The van der Waals surface area contributed by atoms with Gasteiger partial charge in [-0.1, -0.05) is 57.4 Å². The van der Waals surface area contributed by atoms with Gasteiger partial charge in [-0.15, -0.1) is 0 Å². The van der Waals surface area contributed by atoms with Crippen LogP contribution in [0.2, 0.25) is 0 Å². The minimum Gasteiger partial charge on any atom is -0.497 e. The fraction of sp³-hybridized carbons (Fsp3) is 0.455. The molecule has 1 heterocycles. The zero-order valence-corrected chi connectivity index (χ0v) is 15.8. The van der Waals surface area contributed by atoms with Crippen LogP contribution in [0.5, 0.6) is 5.75 Å². The van der Waals surface area contributed by atoms with E-state index >= 15 is 0 Å². The average Bonchev–Trinajstić information content (AvgIpc) is 2.65. The molecule has 1 aromatic carbocycles. The lowest BCUT2D eigenvalue weighted by atomic mass is 9.77. The highest BCUT2D eigenvalue weighted by Crippen LogP contribution is 2.33. The van der Waals surface area contributed by atoms with Crippen LogP contribution in [0.25, 0.3) is 0 Å². The van der Waals surface area contributed by atoms with Gasteiger partial charge in [0.15, 0.2) is 0 Å². The maximum atomic E-state index is 5.54. The summed E-state index contributed by atoms with van der Waals surface area (Å²) in [6, 6.07) is 8.71. The van der Waals surface area contributed by atoms with Crippen LogP contribution in [0.15, 0.2) is 61.2 Å². The van der Waals surface area contributed by atoms with Gasteiger partial charge in [-0.2, -0.15) is 0 Å². The minimum absolute atomic E-state index is 0.0263. The predicted octanol–water partition coefficient (Wildman–Crippen LogP) is 4.36. The normalized spacial score (nSPS) is 17.8. The Labute approximate surface area is 152 Å². The van der Waals surface area contributed by atoms with E-state index in [-0.39, 0.29) is 5.41 Å². The van der Waals surface area contributed by atoms with Gasteiger partial charge in [0.05, 0.1) is 20.3 Å². The number of hydrogen-bond acceptors (Lipinski definition) is 3. The molecular formula is C22H31NO2. The van der Waals surface area contributed by atoms with Crippen molar-refractivity contribution in [3.05, 3.63) is 66.8 Å². The largest absolute Gasteiger partial charge is 0.497 e. The molecule has 1 unspecified atom stereocenters. The molecule has 0 radical (unpaired) electrons. The molecule has 0 aromatic heterocycles. The van der Waals surface area contributed by atoms with Gasteiger partial charge in [0, 0.05) is 19.1 Å². The first-order valence-corrected chi connectivity index (χ1v) is 8.93. The molecule has 1 atom stereocenters. The molecule has 25 heavy (non-hydrogen) atoms. The summed E-state index contributed by atoms with van der Waals surface area (Å²) in [5.74, 6) is 0.891. The van der Waals surface area contributed by atoms with E-state index in [4.69, 9.17) is 9.47 Å². The Balaban J connectivity index is 2.27. The Morgan fingerprint density at radius 2 is 1.88 bits per heavy atom. The monoisotopic (exact) mass is 341 g/mol. The first-order valence-electron chi connectivity index (χ1n) is 8.93. The molecule has 0 bridgehead atoms. The lowest BCUT2D eigenvalue weighted by Crippen LogP contribution is -2.46. The highest BCUT2D eigenvalue weighted by molar-refractivity contribution is 5.34. The van der Waals surface area contributed by atoms with Crippen molar-refractivity contribution in [3.63, 3.8) is 0 Å². The van der Waals surface area contributed by atoms with Gasteiger partial charge < -0.3 is 9.47 Å². The smallest absolute Gasteiger partial charge is 0.118 e. The second-order valence-corrected chi connectivity index (χ2v) is 7.09. The summed E-state index contributed by atoms with van der Waals surface area (Å²) in [6.45, 7) is 16.0. The van der Waals surface area contributed by atoms with E-state index in [0.717, 1.165) is 38.5 Å². The van der Waals surface area contributed by atoms with Crippen molar-refractivity contribution in [1.82, 2.24) is 4.90 Å². The molecule has 1 aromatic rings. The van der Waals surface area contributed by atoms with Crippen molar-refractivity contribution in [1.29, 1.82) is 0 Å². The van der Waals surface area contributed by atoms with E-state index in [1.165, 1.54) is 11.1 Å². The second-order valence-electron chi connectivity index (χ2n) is 7.09. The predicted molar refractivity (Wildman–Crippen MR) is 105 cm³/mol. The maximum Gasteiger partial charge on any atom is 0.118 e. The Hall–Kier alpha value is -1.84. The van der Waals surface area contributed by atoms with Gasteiger partial charge in [-0.25, -0.2) is 0 Å². The van der Waals surface area contributed by atoms with Gasteiger partial charge in [0.2, 0.25) is 0 Å². The lowest BCUT2D eigenvalue weighted by Gasteiger charge is -2.40. The third kappa shape index (κ3) is 5.07. The molecule has 3 nitrogen and oxygen atoms in total. The van der Waals surface area contributed by atoms with Crippen molar-refractivity contribution < 1.29 is 9.47 Å². The molecule has 0 amide bonds. The number of morpholine rings is 1. The van der Waals surface area contributed by atoms with Crippen LogP contribution in [0.4, 0.5) is 0 Å². The minimum atomic E-state index is 0.0263. The van der Waals surface area contributed by atoms with Gasteiger partial charge in [-0.3, -0.25) is 4.90 Å². The van der Waals surface area contributed by atoms with Crippen molar-refractivity contribution >= 4 is 0 Å². The van der Waals surface area contributed by atoms with E-state index in [9.17, 15) is 0 Å². The van der Waals surface area contributed by atoms with Gasteiger partial charge in [0.25, 0.3) is 0 Å². The third-order valence-electron chi connectivity index (χ3n) is 4.99. The van der Waals surface area contributed by atoms with Crippen LogP contribution < -0.4 is 4.74 Å². The van der Waals surface area contributed by atoms with Gasteiger partial charge in [-0.05, 0) is 35.1 Å². The Bertz CT molecular complexity index is 595. The molecule has 1 aliphatic heterocycles. The van der Waals surface area contributed by atoms with E-state index < -0.39 is 0 Å². The molecule has 0 N–H and O–H groups in total. The summed E-state index contributed by atoms with van der Waals surface area (Å²) in [6.07, 6.45) is 6.90. The van der Waals surface area contributed by atoms with E-state index in [1.807, 2.05) is 24.3 Å². The Morgan fingerprint density at radius 1 is 1.24 bits per heavy atom. The molecular weight excluding hydrogens is 310 g/mol. The number of allylic oxidation sites excluding steroid dienone is 2. The quantitative estimate of drug-likeness (QED) is 0.656. The Morgan fingerprint density at radius 3 is 2.40 bits per heavy atom. The molecule has 0 spiro atoms. The molecule has 0 saturated carbocycles. The van der Waals surface area contributed by atoms with E-state index in [0.29, 0.717) is 6.04 Å². The highest BCUT2D eigenvalue weighted by atomic mass is 16.5. The van der Waals surface area contributed by atoms with Crippen molar-refractivity contribution in [2.75, 3.05) is 33.4 Å². The molecule has 2 rings (SSSR count). The summed E-state index contributed by atoms with van der Waals surface area (Å²) in [5, 5.41) is 0. The van der Waals surface area contributed by atoms with E-state index in [1.54, 1.807) is 7.11 Å².